The second kappa shape index (κ2) is 7.02. The van der Waals surface area contributed by atoms with Crippen LogP contribution in [0.2, 0.25) is 0 Å². The van der Waals surface area contributed by atoms with E-state index in [9.17, 15) is 8.78 Å². The first kappa shape index (κ1) is 15.3. The first-order chi connectivity index (χ1) is 8.50. The normalized spacial score (nSPS) is 27.2. The molecule has 0 amide bonds. The number of alkyl halides is 1. The van der Waals surface area contributed by atoms with Gasteiger partial charge in [0.25, 0.3) is 0 Å². The molecule has 0 saturated carbocycles. The number of halogens is 2. The lowest BCUT2D eigenvalue weighted by atomic mass is 9.64. The predicted molar refractivity (Wildman–Crippen MR) is 66.2 cm³/mol. The molecule has 6 heteroatoms. The minimum absolute atomic E-state index is 0.265. The van der Waals surface area contributed by atoms with E-state index in [2.05, 4.69) is 6.92 Å². The van der Waals surface area contributed by atoms with Gasteiger partial charge in [-0.05, 0) is 24.6 Å². The predicted octanol–water partition coefficient (Wildman–Crippen LogP) is 2.10. The van der Waals surface area contributed by atoms with Gasteiger partial charge in [0.05, 0.1) is 0 Å². The Morgan fingerprint density at radius 3 is 2.72 bits per heavy atom. The lowest BCUT2D eigenvalue weighted by Crippen LogP contribution is -2.51. The van der Waals surface area contributed by atoms with Crippen molar-refractivity contribution in [1.82, 2.24) is 0 Å². The Morgan fingerprint density at radius 1 is 1.39 bits per heavy atom. The van der Waals surface area contributed by atoms with Crippen molar-refractivity contribution in [3.05, 3.63) is 24.1 Å². The maximum absolute atomic E-state index is 14.2. The lowest BCUT2D eigenvalue weighted by molar-refractivity contribution is 0.00892. The standard InChI is InChI=1S/C12H19BF2O3/c1-2-3-4-5-8-18-11-9-10(14)6-7-12(11,15)13(16)17/h6-7,9,11,16-17H,2-5,8H2,1H3. The SMILES string of the molecule is CCCCCCOC1C=C(F)C=CC1(F)B(O)O. The molecule has 0 heterocycles. The quantitative estimate of drug-likeness (QED) is 0.544. The molecule has 18 heavy (non-hydrogen) atoms. The minimum atomic E-state index is -2.49. The minimum Gasteiger partial charge on any atom is -0.425 e. The highest BCUT2D eigenvalue weighted by Gasteiger charge is 2.49. The zero-order valence-corrected chi connectivity index (χ0v) is 10.5. The van der Waals surface area contributed by atoms with Crippen LogP contribution in [0.3, 0.4) is 0 Å². The van der Waals surface area contributed by atoms with E-state index in [0.717, 1.165) is 43.9 Å². The summed E-state index contributed by atoms with van der Waals surface area (Å²) in [6, 6.07) is 0. The fourth-order valence-electron chi connectivity index (χ4n) is 1.78. The summed E-state index contributed by atoms with van der Waals surface area (Å²) in [6.07, 6.45) is 5.11. The van der Waals surface area contributed by atoms with Gasteiger partial charge < -0.3 is 14.8 Å². The second-order valence-electron chi connectivity index (χ2n) is 4.44. The highest BCUT2D eigenvalue weighted by atomic mass is 19.1. The maximum Gasteiger partial charge on any atom is 0.499 e. The molecule has 0 aromatic rings. The summed E-state index contributed by atoms with van der Waals surface area (Å²) in [5.74, 6) is -0.637. The Kier molecular flexibility index (Phi) is 5.98. The topological polar surface area (TPSA) is 49.7 Å². The Hall–Kier alpha value is -0.715. The molecule has 1 rings (SSSR count). The number of unbranched alkanes of at least 4 members (excludes halogenated alkanes) is 3. The lowest BCUT2D eigenvalue weighted by Gasteiger charge is -2.30. The first-order valence-electron chi connectivity index (χ1n) is 6.24. The van der Waals surface area contributed by atoms with Crippen molar-refractivity contribution in [2.24, 2.45) is 0 Å². The molecule has 0 radical (unpaired) electrons. The smallest absolute Gasteiger partial charge is 0.425 e. The molecule has 0 saturated heterocycles. The van der Waals surface area contributed by atoms with Gasteiger partial charge in [-0.25, -0.2) is 8.78 Å². The molecule has 102 valence electrons. The van der Waals surface area contributed by atoms with Crippen LogP contribution in [-0.2, 0) is 4.74 Å². The van der Waals surface area contributed by atoms with Crippen LogP contribution in [0, 0.1) is 0 Å². The van der Waals surface area contributed by atoms with E-state index in [-0.39, 0.29) is 6.61 Å². The van der Waals surface area contributed by atoms with Crippen LogP contribution in [0.1, 0.15) is 32.6 Å². The Morgan fingerprint density at radius 2 is 2.11 bits per heavy atom. The maximum atomic E-state index is 14.2. The van der Waals surface area contributed by atoms with E-state index in [1.165, 1.54) is 0 Å². The summed E-state index contributed by atoms with van der Waals surface area (Å²) in [6.45, 7) is 2.33. The van der Waals surface area contributed by atoms with Gasteiger partial charge in [0, 0.05) is 6.61 Å². The highest BCUT2D eigenvalue weighted by Crippen LogP contribution is 2.29. The zero-order chi connectivity index (χ0) is 13.6. The van der Waals surface area contributed by atoms with Gasteiger partial charge in [-0.1, -0.05) is 26.2 Å². The van der Waals surface area contributed by atoms with Crippen molar-refractivity contribution < 1.29 is 23.6 Å². The molecule has 2 atom stereocenters. The van der Waals surface area contributed by atoms with Crippen LogP contribution >= 0.6 is 0 Å². The van der Waals surface area contributed by atoms with Crippen LogP contribution in [0.5, 0.6) is 0 Å². The van der Waals surface area contributed by atoms with E-state index in [4.69, 9.17) is 14.8 Å². The highest BCUT2D eigenvalue weighted by molar-refractivity contribution is 6.46. The number of allylic oxidation sites excluding steroid dienone is 2. The van der Waals surface area contributed by atoms with Gasteiger partial charge >= 0.3 is 7.12 Å². The van der Waals surface area contributed by atoms with Crippen LogP contribution in [-0.4, -0.2) is 35.4 Å². The number of ether oxygens (including phenoxy) is 1. The second-order valence-corrected chi connectivity index (χ2v) is 4.44. The third-order valence-corrected chi connectivity index (χ3v) is 2.94. The van der Waals surface area contributed by atoms with Crippen molar-refractivity contribution >= 4 is 7.12 Å². The Labute approximate surface area is 106 Å². The molecule has 2 unspecified atom stereocenters. The molecule has 3 nitrogen and oxygen atoms in total. The van der Waals surface area contributed by atoms with E-state index < -0.39 is 24.6 Å². The molecule has 1 aliphatic carbocycles. The van der Waals surface area contributed by atoms with Gasteiger partial charge in [-0.15, -0.1) is 0 Å². The summed E-state index contributed by atoms with van der Waals surface area (Å²) in [7, 11) is -2.24. The number of rotatable bonds is 7. The van der Waals surface area contributed by atoms with Crippen LogP contribution < -0.4 is 0 Å². The molecule has 2 N–H and O–H groups in total. The zero-order valence-electron chi connectivity index (χ0n) is 10.5. The van der Waals surface area contributed by atoms with E-state index >= 15 is 0 Å². The summed E-state index contributed by atoms with van der Waals surface area (Å²) < 4.78 is 32.4. The van der Waals surface area contributed by atoms with Crippen molar-refractivity contribution in [2.75, 3.05) is 6.61 Å². The van der Waals surface area contributed by atoms with Crippen molar-refractivity contribution in [1.29, 1.82) is 0 Å². The fourth-order valence-corrected chi connectivity index (χ4v) is 1.78. The molecular weight excluding hydrogens is 241 g/mol. The van der Waals surface area contributed by atoms with E-state index in [0.29, 0.717) is 0 Å². The van der Waals surface area contributed by atoms with Crippen LogP contribution in [0.15, 0.2) is 24.1 Å². The molecule has 1 aliphatic rings. The van der Waals surface area contributed by atoms with E-state index in [1.54, 1.807) is 0 Å². The van der Waals surface area contributed by atoms with Gasteiger partial charge in [0.2, 0.25) is 0 Å². The third kappa shape index (κ3) is 3.90. The molecule has 0 aromatic heterocycles. The van der Waals surface area contributed by atoms with Crippen molar-refractivity contribution in [3.63, 3.8) is 0 Å². The Bertz CT molecular complexity index is 320. The van der Waals surface area contributed by atoms with Crippen molar-refractivity contribution in [3.8, 4) is 0 Å². The molecule has 0 aliphatic heterocycles. The van der Waals surface area contributed by atoms with Gasteiger partial charge in [0.15, 0.2) is 5.57 Å². The van der Waals surface area contributed by atoms with Crippen molar-refractivity contribution in [2.45, 2.75) is 44.3 Å². The summed E-state index contributed by atoms with van der Waals surface area (Å²) in [5, 5.41) is 18.1. The summed E-state index contributed by atoms with van der Waals surface area (Å²) in [5.41, 5.74) is -2.49. The monoisotopic (exact) mass is 260 g/mol. The molecule has 0 spiro atoms. The summed E-state index contributed by atoms with van der Waals surface area (Å²) in [4.78, 5) is 0. The first-order valence-corrected chi connectivity index (χ1v) is 6.24. The van der Waals surface area contributed by atoms with E-state index in [1.807, 2.05) is 0 Å². The van der Waals surface area contributed by atoms with Gasteiger partial charge in [0.1, 0.15) is 11.9 Å². The average molecular weight is 260 g/mol. The third-order valence-electron chi connectivity index (χ3n) is 2.94. The molecule has 0 fully saturated rings. The summed E-state index contributed by atoms with van der Waals surface area (Å²) >= 11 is 0. The largest absolute Gasteiger partial charge is 0.499 e. The van der Waals surface area contributed by atoms with Gasteiger partial charge in [-0.3, -0.25) is 0 Å². The molecule has 0 aromatic carbocycles. The fraction of sp³-hybridized carbons (Fsp3) is 0.667. The van der Waals surface area contributed by atoms with Gasteiger partial charge in [-0.2, -0.15) is 0 Å². The average Bonchev–Trinajstić information content (AvgIpc) is 2.33. The van der Waals surface area contributed by atoms with Crippen LogP contribution in [0.4, 0.5) is 8.78 Å². The Balaban J connectivity index is 2.52. The molecule has 0 bridgehead atoms. The van der Waals surface area contributed by atoms with Crippen LogP contribution in [0.25, 0.3) is 0 Å². The molecular formula is C12H19BF2O3. The number of hydrogen-bond acceptors (Lipinski definition) is 3. The number of hydrogen-bond donors (Lipinski definition) is 2.